The van der Waals surface area contributed by atoms with Crippen LogP contribution in [0.4, 0.5) is 10.2 Å². The summed E-state index contributed by atoms with van der Waals surface area (Å²) in [6, 6.07) is 10.5. The molecule has 0 radical (unpaired) electrons. The van der Waals surface area contributed by atoms with E-state index in [1.165, 1.54) is 31.4 Å². The number of benzene rings is 1. The molecule has 0 saturated heterocycles. The predicted molar refractivity (Wildman–Crippen MR) is 125 cm³/mol. The average molecular weight is 457 g/mol. The zero-order valence-corrected chi connectivity index (χ0v) is 19.1. The summed E-state index contributed by atoms with van der Waals surface area (Å²) in [7, 11) is -1.33. The highest BCUT2D eigenvalue weighted by molar-refractivity contribution is 7.84. The zero-order chi connectivity index (χ0) is 22.5. The molecule has 1 fully saturated rings. The zero-order valence-electron chi connectivity index (χ0n) is 18.3. The Labute approximate surface area is 190 Å². The van der Waals surface area contributed by atoms with Crippen molar-refractivity contribution < 1.29 is 13.7 Å². The Kier molecular flexibility index (Phi) is 7.32. The number of pyridine rings is 1. The third-order valence-electron chi connectivity index (χ3n) is 5.84. The molecule has 0 aliphatic heterocycles. The van der Waals surface area contributed by atoms with Gasteiger partial charge in [-0.3, -0.25) is 4.21 Å². The molecule has 2 heterocycles. The fourth-order valence-electron chi connectivity index (χ4n) is 4.30. The largest absolute Gasteiger partial charge is 0.396 e. The molecule has 2 aromatic heterocycles. The second-order valence-corrected chi connectivity index (χ2v) is 9.46. The minimum absolute atomic E-state index is 0.0180. The first-order chi connectivity index (χ1) is 15.6. The summed E-state index contributed by atoms with van der Waals surface area (Å²) < 4.78 is 28.0. The molecule has 4 rings (SSSR count). The van der Waals surface area contributed by atoms with Crippen molar-refractivity contribution in [3.05, 3.63) is 48.4 Å². The second kappa shape index (κ2) is 10.4. The predicted octanol–water partition coefficient (Wildman–Crippen LogP) is 4.62. The fourth-order valence-corrected chi connectivity index (χ4v) is 5.02. The van der Waals surface area contributed by atoms with E-state index in [9.17, 15) is 13.7 Å². The standard InChI is InChI=1S/C24H29FN4O2S/c1-32(31)24-28-22(17-8-10-19(25)11-9-17)23(29(24)14-5-15-30)18-12-13-26-21(16-18)27-20-6-3-2-4-7-20/h8-13,16,20,30H,2-7,14-15H2,1H3,(H,26,27). The molecule has 1 aromatic carbocycles. The van der Waals surface area contributed by atoms with Gasteiger partial charge in [0.1, 0.15) is 11.6 Å². The number of nitrogens with zero attached hydrogens (tertiary/aromatic N) is 3. The number of hydrogen-bond acceptors (Lipinski definition) is 5. The van der Waals surface area contributed by atoms with Crippen LogP contribution in [0.1, 0.15) is 38.5 Å². The second-order valence-electron chi connectivity index (χ2n) is 8.19. The van der Waals surface area contributed by atoms with E-state index < -0.39 is 10.8 Å². The summed E-state index contributed by atoms with van der Waals surface area (Å²) >= 11 is 0. The van der Waals surface area contributed by atoms with E-state index in [2.05, 4.69) is 10.3 Å². The van der Waals surface area contributed by atoms with Crippen molar-refractivity contribution in [3.63, 3.8) is 0 Å². The van der Waals surface area contributed by atoms with Crippen molar-refractivity contribution in [1.29, 1.82) is 0 Å². The third-order valence-corrected chi connectivity index (χ3v) is 6.66. The van der Waals surface area contributed by atoms with Crippen molar-refractivity contribution in [1.82, 2.24) is 14.5 Å². The van der Waals surface area contributed by atoms with Gasteiger partial charge in [-0.05, 0) is 55.7 Å². The third kappa shape index (κ3) is 5.07. The molecule has 0 spiro atoms. The maximum absolute atomic E-state index is 13.6. The molecule has 0 amide bonds. The molecule has 1 aliphatic carbocycles. The number of imidazole rings is 1. The van der Waals surface area contributed by atoms with Gasteiger partial charge in [-0.25, -0.2) is 14.4 Å². The molecule has 1 aliphatic rings. The monoisotopic (exact) mass is 456 g/mol. The first-order valence-corrected chi connectivity index (χ1v) is 12.7. The lowest BCUT2D eigenvalue weighted by molar-refractivity contribution is 0.278. The molecular weight excluding hydrogens is 427 g/mol. The van der Waals surface area contributed by atoms with Crippen LogP contribution in [0.15, 0.2) is 47.8 Å². The molecule has 8 heteroatoms. The van der Waals surface area contributed by atoms with Crippen molar-refractivity contribution in [2.24, 2.45) is 0 Å². The topological polar surface area (TPSA) is 80.0 Å². The average Bonchev–Trinajstić information content (AvgIpc) is 3.19. The number of hydrogen-bond donors (Lipinski definition) is 2. The van der Waals surface area contributed by atoms with Gasteiger partial charge in [-0.15, -0.1) is 0 Å². The van der Waals surface area contributed by atoms with Gasteiger partial charge >= 0.3 is 0 Å². The molecule has 6 nitrogen and oxygen atoms in total. The van der Waals surface area contributed by atoms with Crippen molar-refractivity contribution >= 4 is 16.6 Å². The van der Waals surface area contributed by atoms with Gasteiger partial charge in [0.15, 0.2) is 5.16 Å². The lowest BCUT2D eigenvalue weighted by Gasteiger charge is -2.23. The van der Waals surface area contributed by atoms with Crippen LogP contribution < -0.4 is 5.32 Å². The van der Waals surface area contributed by atoms with Crippen LogP contribution >= 0.6 is 0 Å². The van der Waals surface area contributed by atoms with Crippen LogP contribution in [0.2, 0.25) is 0 Å². The summed E-state index contributed by atoms with van der Waals surface area (Å²) in [5.41, 5.74) is 3.07. The van der Waals surface area contributed by atoms with Gasteiger partial charge in [0, 0.05) is 42.8 Å². The van der Waals surface area contributed by atoms with Crippen LogP contribution in [-0.4, -0.2) is 42.8 Å². The van der Waals surface area contributed by atoms with E-state index >= 15 is 0 Å². The molecule has 3 aromatic rings. The molecule has 1 atom stereocenters. The number of rotatable bonds is 8. The number of nitrogens with one attached hydrogen (secondary N) is 1. The summed E-state index contributed by atoms with van der Waals surface area (Å²) in [4.78, 5) is 9.22. The van der Waals surface area contributed by atoms with Gasteiger partial charge in [-0.2, -0.15) is 0 Å². The van der Waals surface area contributed by atoms with Gasteiger partial charge in [0.25, 0.3) is 0 Å². The molecule has 1 unspecified atom stereocenters. The Morgan fingerprint density at radius 2 is 1.91 bits per heavy atom. The van der Waals surface area contributed by atoms with Gasteiger partial charge in [0.2, 0.25) is 0 Å². The first kappa shape index (κ1) is 22.6. The number of aliphatic hydroxyl groups is 1. The van der Waals surface area contributed by atoms with E-state index in [-0.39, 0.29) is 12.4 Å². The first-order valence-electron chi connectivity index (χ1n) is 11.1. The van der Waals surface area contributed by atoms with Gasteiger partial charge < -0.3 is 15.0 Å². The SMILES string of the molecule is CS(=O)c1nc(-c2ccc(F)cc2)c(-c2ccnc(NC3CCCCC3)c2)n1CCCO. The smallest absolute Gasteiger partial charge is 0.199 e. The molecule has 2 N–H and O–H groups in total. The highest BCUT2D eigenvalue weighted by Crippen LogP contribution is 2.35. The van der Waals surface area contributed by atoms with Gasteiger partial charge in [0.05, 0.1) is 22.2 Å². The van der Waals surface area contributed by atoms with Crippen LogP contribution in [0.3, 0.4) is 0 Å². The Hall–Kier alpha value is -2.58. The maximum atomic E-state index is 13.6. The van der Waals surface area contributed by atoms with E-state index in [0.29, 0.717) is 29.9 Å². The van der Waals surface area contributed by atoms with E-state index in [0.717, 1.165) is 35.5 Å². The quantitative estimate of drug-likeness (QED) is 0.517. The minimum atomic E-state index is -1.33. The molecular formula is C24H29FN4O2S. The summed E-state index contributed by atoms with van der Waals surface area (Å²) in [6.45, 7) is 0.493. The number of aromatic nitrogens is 3. The molecule has 170 valence electrons. The van der Waals surface area contributed by atoms with Gasteiger partial charge in [-0.1, -0.05) is 19.3 Å². The summed E-state index contributed by atoms with van der Waals surface area (Å²) in [6.07, 6.45) is 9.89. The van der Waals surface area contributed by atoms with Crippen molar-refractivity contribution in [3.8, 4) is 22.5 Å². The maximum Gasteiger partial charge on any atom is 0.199 e. The lowest BCUT2D eigenvalue weighted by atomic mass is 9.95. The minimum Gasteiger partial charge on any atom is -0.396 e. The fraction of sp³-hybridized carbons (Fsp3) is 0.417. The highest BCUT2D eigenvalue weighted by atomic mass is 32.2. The Bertz CT molecular complexity index is 1080. The highest BCUT2D eigenvalue weighted by Gasteiger charge is 2.23. The number of anilines is 1. The normalized spacial score (nSPS) is 15.6. The summed E-state index contributed by atoms with van der Waals surface area (Å²) in [5.74, 6) is 0.478. The van der Waals surface area contributed by atoms with Crippen LogP contribution in [-0.2, 0) is 17.3 Å². The van der Waals surface area contributed by atoms with Crippen LogP contribution in [0.5, 0.6) is 0 Å². The Balaban J connectivity index is 1.81. The van der Waals surface area contributed by atoms with E-state index in [1.54, 1.807) is 24.6 Å². The van der Waals surface area contributed by atoms with Crippen LogP contribution in [0, 0.1) is 5.82 Å². The molecule has 1 saturated carbocycles. The van der Waals surface area contributed by atoms with E-state index in [4.69, 9.17) is 4.98 Å². The van der Waals surface area contributed by atoms with Crippen molar-refractivity contribution in [2.45, 2.75) is 56.3 Å². The van der Waals surface area contributed by atoms with E-state index in [1.807, 2.05) is 16.7 Å². The summed E-state index contributed by atoms with van der Waals surface area (Å²) in [5, 5.41) is 13.4. The van der Waals surface area contributed by atoms with Crippen molar-refractivity contribution in [2.75, 3.05) is 18.2 Å². The number of aliphatic hydroxyl groups excluding tert-OH is 1. The number of halogens is 1. The molecule has 0 bridgehead atoms. The molecule has 32 heavy (non-hydrogen) atoms. The lowest BCUT2D eigenvalue weighted by Crippen LogP contribution is -2.22. The van der Waals surface area contributed by atoms with Crippen LogP contribution in [0.25, 0.3) is 22.5 Å². The Morgan fingerprint density at radius 3 is 2.59 bits per heavy atom. The Morgan fingerprint density at radius 1 is 1.16 bits per heavy atom.